The molecule has 3 aromatic carbocycles. The number of hydrazone groups is 1. The normalized spacial score (nSPS) is 11.4. The van der Waals surface area contributed by atoms with E-state index in [-0.39, 0.29) is 5.75 Å². The van der Waals surface area contributed by atoms with Gasteiger partial charge in [0, 0.05) is 28.2 Å². The Bertz CT molecular complexity index is 1220. The highest BCUT2D eigenvalue weighted by Crippen LogP contribution is 2.27. The van der Waals surface area contributed by atoms with Crippen LogP contribution in [0.3, 0.4) is 0 Å². The van der Waals surface area contributed by atoms with Crippen LogP contribution in [0.25, 0.3) is 22.5 Å². The molecule has 0 atom stereocenters. The number of rotatable bonds is 5. The Morgan fingerprint density at radius 2 is 1.42 bits per heavy atom. The summed E-state index contributed by atoms with van der Waals surface area (Å²) in [6.45, 7) is 1.85. The lowest BCUT2D eigenvalue weighted by atomic mass is 10.1. The molecule has 1 N–H and O–H groups in total. The maximum atomic E-state index is 10.1. The van der Waals surface area contributed by atoms with Crippen molar-refractivity contribution in [1.82, 2.24) is 9.97 Å². The highest BCUT2D eigenvalue weighted by Gasteiger charge is 2.13. The van der Waals surface area contributed by atoms with Crippen LogP contribution >= 0.6 is 15.9 Å². The molecule has 4 rings (SSSR count). The zero-order chi connectivity index (χ0) is 21.8. The Balaban J connectivity index is 1.79. The van der Waals surface area contributed by atoms with Gasteiger partial charge in [-0.1, -0.05) is 70.5 Å². The van der Waals surface area contributed by atoms with Crippen LogP contribution in [0.5, 0.6) is 5.75 Å². The number of phenolic OH excluding ortho intramolecular Hbond substituents is 1. The van der Waals surface area contributed by atoms with Crippen molar-refractivity contribution < 1.29 is 5.11 Å². The molecule has 0 amide bonds. The van der Waals surface area contributed by atoms with Crippen LogP contribution in [0.2, 0.25) is 0 Å². The summed E-state index contributed by atoms with van der Waals surface area (Å²) >= 11 is 3.48. The molecule has 0 spiro atoms. The van der Waals surface area contributed by atoms with Gasteiger partial charge in [0.1, 0.15) is 5.75 Å². The third-order valence-corrected chi connectivity index (χ3v) is 5.34. The monoisotopic (exact) mass is 472 g/mol. The van der Waals surface area contributed by atoms with Crippen molar-refractivity contribution >= 4 is 27.6 Å². The number of anilines is 1. The lowest BCUT2D eigenvalue weighted by molar-refractivity contribution is 0.474. The van der Waals surface area contributed by atoms with E-state index in [9.17, 15) is 5.11 Å². The quantitative estimate of drug-likeness (QED) is 0.280. The topological polar surface area (TPSA) is 61.6 Å². The molecule has 1 aromatic heterocycles. The number of halogens is 1. The number of benzene rings is 3. The summed E-state index contributed by atoms with van der Waals surface area (Å²) in [7, 11) is 1.80. The summed E-state index contributed by atoms with van der Waals surface area (Å²) in [5, 5.41) is 16.4. The predicted octanol–water partition coefficient (Wildman–Crippen LogP) is 6.14. The van der Waals surface area contributed by atoms with E-state index in [0.717, 1.165) is 27.0 Å². The van der Waals surface area contributed by atoms with E-state index in [1.165, 1.54) is 0 Å². The van der Waals surface area contributed by atoms with Crippen LogP contribution in [0.15, 0.2) is 94.5 Å². The van der Waals surface area contributed by atoms with Crippen LogP contribution in [0.1, 0.15) is 12.5 Å². The number of aromatic hydroxyl groups is 1. The molecule has 31 heavy (non-hydrogen) atoms. The van der Waals surface area contributed by atoms with Gasteiger partial charge in [-0.25, -0.2) is 15.0 Å². The van der Waals surface area contributed by atoms with Gasteiger partial charge >= 0.3 is 0 Å². The third-order valence-electron chi connectivity index (χ3n) is 4.81. The van der Waals surface area contributed by atoms with Crippen molar-refractivity contribution in [3.8, 4) is 28.3 Å². The Kier molecular flexibility index (Phi) is 6.09. The molecule has 0 radical (unpaired) electrons. The Morgan fingerprint density at radius 3 is 2.06 bits per heavy atom. The molecule has 0 aliphatic carbocycles. The van der Waals surface area contributed by atoms with E-state index in [4.69, 9.17) is 9.97 Å². The van der Waals surface area contributed by atoms with Gasteiger partial charge in [0.2, 0.25) is 5.95 Å². The molecule has 5 nitrogen and oxygen atoms in total. The summed E-state index contributed by atoms with van der Waals surface area (Å²) in [5.74, 6) is 0.653. The number of hydrogen-bond acceptors (Lipinski definition) is 5. The van der Waals surface area contributed by atoms with Crippen LogP contribution in [0.4, 0.5) is 5.95 Å². The zero-order valence-corrected chi connectivity index (χ0v) is 18.8. The molecule has 1 heterocycles. The average Bonchev–Trinajstić information content (AvgIpc) is 2.80. The summed E-state index contributed by atoms with van der Waals surface area (Å²) in [6, 6.07) is 27.1. The molecule has 0 fully saturated rings. The number of hydrogen-bond donors (Lipinski definition) is 1. The summed E-state index contributed by atoms with van der Waals surface area (Å²) in [4.78, 5) is 9.51. The Morgan fingerprint density at radius 1 is 0.839 bits per heavy atom. The highest BCUT2D eigenvalue weighted by atomic mass is 79.9. The summed E-state index contributed by atoms with van der Waals surface area (Å²) in [6.07, 6.45) is 0. The maximum absolute atomic E-state index is 10.1. The van der Waals surface area contributed by atoms with Crippen molar-refractivity contribution in [3.05, 3.63) is 95.0 Å². The van der Waals surface area contributed by atoms with E-state index >= 15 is 0 Å². The summed E-state index contributed by atoms with van der Waals surface area (Å²) < 4.78 is 1.01. The first-order chi connectivity index (χ1) is 15.0. The van der Waals surface area contributed by atoms with Crippen LogP contribution < -0.4 is 5.01 Å². The fourth-order valence-electron chi connectivity index (χ4n) is 3.21. The first kappa shape index (κ1) is 20.8. The van der Waals surface area contributed by atoms with Gasteiger partial charge < -0.3 is 5.11 Å². The van der Waals surface area contributed by atoms with Gasteiger partial charge in [-0.3, -0.25) is 0 Å². The van der Waals surface area contributed by atoms with Crippen LogP contribution in [0, 0.1) is 0 Å². The minimum Gasteiger partial charge on any atom is -0.507 e. The predicted molar refractivity (Wildman–Crippen MR) is 129 cm³/mol. The number of para-hydroxylation sites is 1. The van der Waals surface area contributed by atoms with Gasteiger partial charge in [-0.2, -0.15) is 5.10 Å². The molecular weight excluding hydrogens is 452 g/mol. The molecule has 154 valence electrons. The molecule has 6 heteroatoms. The van der Waals surface area contributed by atoms with Crippen molar-refractivity contribution in [2.75, 3.05) is 12.1 Å². The first-order valence-electron chi connectivity index (χ1n) is 9.79. The Hall–Kier alpha value is -3.51. The average molecular weight is 473 g/mol. The zero-order valence-electron chi connectivity index (χ0n) is 17.2. The lowest BCUT2D eigenvalue weighted by Crippen LogP contribution is -2.16. The van der Waals surface area contributed by atoms with Gasteiger partial charge in [0.15, 0.2) is 0 Å². The molecule has 4 aromatic rings. The second-order valence-electron chi connectivity index (χ2n) is 7.04. The minimum absolute atomic E-state index is 0.187. The fraction of sp³-hybridized carbons (Fsp3) is 0.0800. The molecular formula is C25H21BrN4O. The molecule has 0 saturated heterocycles. The lowest BCUT2D eigenvalue weighted by Gasteiger charge is -2.16. The third kappa shape index (κ3) is 4.81. The largest absolute Gasteiger partial charge is 0.507 e. The van der Waals surface area contributed by atoms with Crippen molar-refractivity contribution in [2.45, 2.75) is 6.92 Å². The minimum atomic E-state index is 0.187. The van der Waals surface area contributed by atoms with Gasteiger partial charge in [-0.15, -0.1) is 0 Å². The maximum Gasteiger partial charge on any atom is 0.247 e. The van der Waals surface area contributed by atoms with Gasteiger partial charge in [0.05, 0.1) is 17.1 Å². The second-order valence-corrected chi connectivity index (χ2v) is 7.95. The molecule has 0 aliphatic rings. The van der Waals surface area contributed by atoms with E-state index in [2.05, 4.69) is 21.0 Å². The fourth-order valence-corrected chi connectivity index (χ4v) is 3.47. The number of aromatic nitrogens is 2. The SMILES string of the molecule is CC(=NN(C)c1nc(-c2ccccc2)cc(-c2ccc(Br)cc2)n1)c1ccccc1O. The van der Waals surface area contributed by atoms with Gasteiger partial charge in [0.25, 0.3) is 0 Å². The number of phenols is 1. The van der Waals surface area contributed by atoms with Crippen molar-refractivity contribution in [2.24, 2.45) is 5.10 Å². The van der Waals surface area contributed by atoms with Crippen molar-refractivity contribution in [1.29, 1.82) is 0 Å². The van der Waals surface area contributed by atoms with Gasteiger partial charge in [-0.05, 0) is 37.3 Å². The molecule has 0 aliphatic heterocycles. The van der Waals surface area contributed by atoms with Crippen molar-refractivity contribution in [3.63, 3.8) is 0 Å². The standard InChI is InChI=1S/C25H21BrN4O/c1-17(21-10-6-7-11-24(21)31)29-30(2)25-27-22(18-8-4-3-5-9-18)16-23(28-25)19-12-14-20(26)15-13-19/h3-16,31H,1-2H3. The van der Waals surface area contributed by atoms with E-state index < -0.39 is 0 Å². The molecule has 0 saturated carbocycles. The number of nitrogens with zero attached hydrogens (tertiary/aromatic N) is 4. The Labute approximate surface area is 189 Å². The van der Waals surface area contributed by atoms with Crippen LogP contribution in [-0.2, 0) is 0 Å². The molecule has 0 unspecified atom stereocenters. The molecule has 0 bridgehead atoms. The van der Waals surface area contributed by atoms with E-state index in [1.807, 2.05) is 79.7 Å². The summed E-state index contributed by atoms with van der Waals surface area (Å²) in [5.41, 5.74) is 4.93. The smallest absolute Gasteiger partial charge is 0.247 e. The van der Waals surface area contributed by atoms with Crippen LogP contribution in [-0.4, -0.2) is 27.8 Å². The van der Waals surface area contributed by atoms with E-state index in [1.54, 1.807) is 24.2 Å². The van der Waals surface area contributed by atoms with E-state index in [0.29, 0.717) is 17.2 Å². The highest BCUT2D eigenvalue weighted by molar-refractivity contribution is 9.10. The first-order valence-corrected chi connectivity index (χ1v) is 10.6. The second kappa shape index (κ2) is 9.10.